The zero-order valence-corrected chi connectivity index (χ0v) is 44.0. The fourth-order valence-electron chi connectivity index (χ4n) is 9.44. The van der Waals surface area contributed by atoms with Crippen molar-refractivity contribution in [2.24, 2.45) is 39.4 Å². The van der Waals surface area contributed by atoms with Crippen LogP contribution in [0.5, 0.6) is 0 Å². The van der Waals surface area contributed by atoms with Crippen LogP contribution in [0.1, 0.15) is 116 Å². The highest BCUT2D eigenvalue weighted by molar-refractivity contribution is 5.99. The Kier molecular flexibility index (Phi) is 22.6. The third kappa shape index (κ3) is 18.7. The van der Waals surface area contributed by atoms with Gasteiger partial charge in [-0.3, -0.25) is 53.1 Å². The van der Waals surface area contributed by atoms with Gasteiger partial charge >= 0.3 is 5.97 Å². The number of nitrogens with one attached hydrogen (secondary N) is 5. The van der Waals surface area contributed by atoms with E-state index in [-0.39, 0.29) is 56.1 Å². The van der Waals surface area contributed by atoms with Crippen molar-refractivity contribution in [1.82, 2.24) is 26.3 Å². The van der Waals surface area contributed by atoms with Crippen LogP contribution >= 0.6 is 0 Å². The molecule has 406 valence electrons. The molecule has 3 heterocycles. The number of H-pyrrole nitrogens is 1. The van der Waals surface area contributed by atoms with E-state index in [0.29, 0.717) is 24.0 Å². The summed E-state index contributed by atoms with van der Waals surface area (Å²) in [5, 5.41) is 22.2. The number of nitrogens with zero attached hydrogens (tertiary/aromatic N) is 2. The lowest BCUT2D eigenvalue weighted by atomic mass is 9.87. The molecule has 19 nitrogen and oxygen atoms in total. The Labute approximate surface area is 442 Å². The molecule has 7 atom stereocenters. The monoisotopic (exact) mass is 1040 g/mol. The minimum Gasteiger partial charge on any atom is -0.481 e. The normalized spacial score (nSPS) is 15.7. The molecule has 0 aliphatic carbocycles. The Morgan fingerprint density at radius 3 is 1.68 bits per heavy atom. The number of carbonyl (C=O) groups is 10. The Hall–Kier alpha value is -7.54. The maximum atomic E-state index is 14.9. The number of rotatable bonds is 34. The lowest BCUT2D eigenvalue weighted by molar-refractivity contribution is -0.142. The van der Waals surface area contributed by atoms with E-state index < -0.39 is 127 Å². The summed E-state index contributed by atoms with van der Waals surface area (Å²) in [6, 6.07) is 11.7. The number of carboxylic acids is 1. The highest BCUT2D eigenvalue weighted by Crippen LogP contribution is 2.27. The van der Waals surface area contributed by atoms with Crippen LogP contribution in [-0.2, 0) is 60.8 Å². The van der Waals surface area contributed by atoms with E-state index >= 15 is 0 Å². The number of fused-ring (bicyclic) bond motifs is 1. The van der Waals surface area contributed by atoms with Gasteiger partial charge in [0.15, 0.2) is 23.1 Å². The second kappa shape index (κ2) is 28.9. The lowest BCUT2D eigenvalue weighted by Crippen LogP contribution is -2.50. The maximum Gasteiger partial charge on any atom is 0.304 e. The van der Waals surface area contributed by atoms with E-state index in [1.54, 1.807) is 50.9 Å². The summed E-state index contributed by atoms with van der Waals surface area (Å²) < 4.78 is 0. The number of aliphatic imine (C=N–C) groups is 2. The Morgan fingerprint density at radius 1 is 0.618 bits per heavy atom. The van der Waals surface area contributed by atoms with Gasteiger partial charge in [-0.25, -0.2) is 0 Å². The summed E-state index contributed by atoms with van der Waals surface area (Å²) in [4.78, 5) is 148. The number of amides is 4. The van der Waals surface area contributed by atoms with Crippen molar-refractivity contribution in [3.05, 3.63) is 95.5 Å². The summed E-state index contributed by atoms with van der Waals surface area (Å²) in [6.07, 6.45) is 6.22. The number of Topliss-reactive ketones (excluding diaryl/α,β-unsaturated/α-hetero) is 5. The number of para-hydroxylation sites is 1. The predicted octanol–water partition coefficient (Wildman–Crippen LogP) is 4.94. The molecule has 0 spiro atoms. The van der Waals surface area contributed by atoms with E-state index in [2.05, 4.69) is 36.2 Å². The molecule has 0 bridgehead atoms. The van der Waals surface area contributed by atoms with Crippen LogP contribution in [-0.4, -0.2) is 111 Å². The largest absolute Gasteiger partial charge is 0.481 e. The molecular formula is C57H72N8O11. The van der Waals surface area contributed by atoms with Crippen LogP contribution in [0.3, 0.4) is 0 Å². The third-order valence-electron chi connectivity index (χ3n) is 13.5. The van der Waals surface area contributed by atoms with Crippen LogP contribution in [0.25, 0.3) is 10.9 Å². The molecule has 3 aromatic rings. The summed E-state index contributed by atoms with van der Waals surface area (Å²) in [7, 11) is 0. The van der Waals surface area contributed by atoms with E-state index in [0.717, 1.165) is 22.0 Å². The van der Waals surface area contributed by atoms with Gasteiger partial charge in [0.05, 0.1) is 42.9 Å². The molecular weight excluding hydrogens is 973 g/mol. The summed E-state index contributed by atoms with van der Waals surface area (Å²) in [5.74, 6) is -11.0. The molecule has 0 fully saturated rings. The van der Waals surface area contributed by atoms with Gasteiger partial charge in [0, 0.05) is 111 Å². The topological polar surface area (TPSA) is 306 Å². The number of carboxylic acid groups (broad SMARTS) is 1. The molecule has 2 aliphatic rings. The fraction of sp³-hybridized carbons (Fsp3) is 0.474. The highest BCUT2D eigenvalue weighted by atomic mass is 16.4. The lowest BCUT2D eigenvalue weighted by Gasteiger charge is -2.26. The number of aliphatic carboxylic acids is 1. The Morgan fingerprint density at radius 2 is 1.14 bits per heavy atom. The molecule has 0 unspecified atom stereocenters. The van der Waals surface area contributed by atoms with Crippen molar-refractivity contribution in [3.63, 3.8) is 0 Å². The van der Waals surface area contributed by atoms with Crippen molar-refractivity contribution in [1.29, 1.82) is 0 Å². The molecule has 5 rings (SSSR count). The number of carbonyl (C=O) groups excluding carboxylic acids is 9. The van der Waals surface area contributed by atoms with Gasteiger partial charge in [-0.05, 0) is 60.9 Å². The first-order chi connectivity index (χ1) is 36.2. The average Bonchev–Trinajstić information content (AvgIpc) is 4.17. The number of hydrogen-bond acceptors (Lipinski definition) is 13. The van der Waals surface area contributed by atoms with Crippen molar-refractivity contribution < 1.29 is 53.1 Å². The fourth-order valence-corrected chi connectivity index (χ4v) is 9.44. The van der Waals surface area contributed by atoms with E-state index in [4.69, 9.17) is 5.73 Å². The van der Waals surface area contributed by atoms with E-state index in [1.807, 2.05) is 62.4 Å². The number of aromatic amines is 1. The maximum absolute atomic E-state index is 14.9. The van der Waals surface area contributed by atoms with Crippen molar-refractivity contribution >= 4 is 81.8 Å². The number of primary amides is 1. The average molecular weight is 1050 g/mol. The summed E-state index contributed by atoms with van der Waals surface area (Å²) in [6.45, 7) is 8.45. The quantitative estimate of drug-likeness (QED) is 0.0419. The smallest absolute Gasteiger partial charge is 0.304 e. The number of aromatic nitrogens is 1. The standard InChI is InChI=1S/C57H72N8O11/c1-33(2)54(73)45(16-15-35(5)66)63-55(74)39(21-37-17-19-59-30-37)26-51(69)48(29-52(58)70)65-56(75)40(22-38-18-20-60-31-38)25-50(68)47(24-42-32-61-44-14-10-9-13-43(42)44)64-57(76)41(28-53(71)72)27-49(67)46(62-34(3)4)23-36-11-7-6-8-12-36/h6-14,19-20,30-34,39-41,45-48,61-62H,15-18,21-29H2,1-5H3,(H2,58,70)(H,63,74)(H,64,76)(H,65,75)(H,71,72)/t39-,40-,41+,45+,46+,47+,48+/m1/s1. The second-order valence-corrected chi connectivity index (χ2v) is 20.5. The molecule has 4 amide bonds. The first kappa shape index (κ1) is 59.3. The van der Waals surface area contributed by atoms with Crippen LogP contribution in [0.4, 0.5) is 0 Å². The first-order valence-electron chi connectivity index (χ1n) is 25.9. The molecule has 0 saturated carbocycles. The molecule has 19 heteroatoms. The third-order valence-corrected chi connectivity index (χ3v) is 13.5. The first-order valence-corrected chi connectivity index (χ1v) is 25.9. The highest BCUT2D eigenvalue weighted by Gasteiger charge is 2.37. The van der Waals surface area contributed by atoms with Gasteiger partial charge in [-0.15, -0.1) is 0 Å². The molecule has 2 aliphatic heterocycles. The number of allylic oxidation sites excluding steroid dienone is 2. The Bertz CT molecular complexity index is 2740. The molecule has 76 heavy (non-hydrogen) atoms. The molecule has 8 N–H and O–H groups in total. The van der Waals surface area contributed by atoms with Crippen molar-refractivity contribution in [2.45, 2.75) is 148 Å². The SMILES string of the molecule is CC(=O)CC[C@H](NC(=O)[C@@H](CC(=O)[C@H](CC(N)=O)NC(=O)[C@@H](CC(=O)[C@H](Cc1c[nH]c2ccccc12)NC(=O)[C@H](CC(=O)O)CC(=O)[C@H](Cc1ccccc1)NC(C)C)CC1=CN=CC1)CC1=CN=CC1)C(=O)C(C)C. The zero-order valence-electron chi connectivity index (χ0n) is 44.0. The van der Waals surface area contributed by atoms with Crippen LogP contribution in [0.2, 0.25) is 0 Å². The number of benzene rings is 2. The van der Waals surface area contributed by atoms with Crippen LogP contribution < -0.4 is 27.0 Å². The minimum absolute atomic E-state index is 0.0280. The summed E-state index contributed by atoms with van der Waals surface area (Å²) >= 11 is 0. The number of hydrogen-bond donors (Lipinski definition) is 7. The second-order valence-electron chi connectivity index (χ2n) is 20.5. The zero-order chi connectivity index (χ0) is 55.5. The minimum atomic E-state index is -1.56. The van der Waals surface area contributed by atoms with Gasteiger partial charge in [-0.1, -0.05) is 76.2 Å². The van der Waals surface area contributed by atoms with Gasteiger partial charge in [0.1, 0.15) is 5.78 Å². The molecule has 1 aromatic heterocycles. The van der Waals surface area contributed by atoms with Gasteiger partial charge in [0.25, 0.3) is 0 Å². The van der Waals surface area contributed by atoms with E-state index in [9.17, 15) is 53.1 Å². The van der Waals surface area contributed by atoms with Gasteiger partial charge in [-0.2, -0.15) is 0 Å². The van der Waals surface area contributed by atoms with Crippen LogP contribution in [0, 0.1) is 23.7 Å². The molecule has 0 radical (unpaired) electrons. The van der Waals surface area contributed by atoms with Gasteiger partial charge < -0.3 is 41.9 Å². The Balaban J connectivity index is 1.42. The van der Waals surface area contributed by atoms with Crippen molar-refractivity contribution in [2.75, 3.05) is 0 Å². The summed E-state index contributed by atoms with van der Waals surface area (Å²) in [5.41, 5.74) is 9.26. The van der Waals surface area contributed by atoms with E-state index in [1.165, 1.54) is 6.92 Å². The molecule has 0 saturated heterocycles. The van der Waals surface area contributed by atoms with Crippen molar-refractivity contribution in [3.8, 4) is 0 Å². The molecule has 2 aromatic carbocycles. The predicted molar refractivity (Wildman–Crippen MR) is 287 cm³/mol. The van der Waals surface area contributed by atoms with Gasteiger partial charge in [0.2, 0.25) is 23.6 Å². The number of ketones is 5. The van der Waals surface area contributed by atoms with Crippen LogP contribution in [0.15, 0.2) is 94.3 Å². The number of nitrogens with two attached hydrogens (primary N) is 1.